The van der Waals surface area contributed by atoms with Gasteiger partial charge in [0, 0.05) is 0 Å². The molecule has 0 aromatic heterocycles. The molecule has 4 rings (SSSR count). The Kier molecular flexibility index (Phi) is 5.28. The van der Waals surface area contributed by atoms with Crippen LogP contribution in [0.5, 0.6) is 0 Å². The van der Waals surface area contributed by atoms with Crippen LogP contribution in [0.25, 0.3) is 5.57 Å². The zero-order valence-electron chi connectivity index (χ0n) is 15.5. The van der Waals surface area contributed by atoms with Crippen molar-refractivity contribution < 1.29 is 23.0 Å². The molecule has 7 heteroatoms. The Hall–Kier alpha value is -3.24. The van der Waals surface area contributed by atoms with Crippen LogP contribution in [0.1, 0.15) is 23.1 Å². The average molecular weight is 396 g/mol. The number of hydrogen-bond donors (Lipinski definition) is 0. The van der Waals surface area contributed by atoms with E-state index in [0.29, 0.717) is 24.2 Å². The zero-order valence-corrected chi connectivity index (χ0v) is 15.5. The lowest BCUT2D eigenvalue weighted by Gasteiger charge is -2.43. The summed E-state index contributed by atoms with van der Waals surface area (Å²) >= 11 is 0. The summed E-state index contributed by atoms with van der Waals surface area (Å²) in [6.07, 6.45) is 1.68. The molecule has 2 bridgehead atoms. The fourth-order valence-corrected chi connectivity index (χ4v) is 3.78. The van der Waals surface area contributed by atoms with E-state index in [1.807, 2.05) is 36.4 Å². The number of amides is 1. The highest BCUT2D eigenvalue weighted by Crippen LogP contribution is 2.35. The summed E-state index contributed by atoms with van der Waals surface area (Å²) in [7, 11) is 0. The summed E-state index contributed by atoms with van der Waals surface area (Å²) in [5.41, 5.74) is 2.00. The molecule has 2 aliphatic heterocycles. The molecule has 2 aliphatic rings. The maximum atomic E-state index is 13.8. The van der Waals surface area contributed by atoms with Gasteiger partial charge in [0.25, 0.3) is 0 Å². The predicted octanol–water partition coefficient (Wildman–Crippen LogP) is 4.03. The maximum absolute atomic E-state index is 13.8. The highest BCUT2D eigenvalue weighted by molar-refractivity contribution is 5.76. The number of carbonyl (C=O) groups is 1. The quantitative estimate of drug-likeness (QED) is 0.786. The molecule has 1 fully saturated rings. The fourth-order valence-electron chi connectivity index (χ4n) is 3.78. The van der Waals surface area contributed by atoms with Gasteiger partial charge in [0.2, 0.25) is 0 Å². The van der Waals surface area contributed by atoms with Gasteiger partial charge in [-0.2, -0.15) is 5.26 Å². The number of carbonyl (C=O) groups excluding carboxylic acids is 1. The van der Waals surface area contributed by atoms with Gasteiger partial charge >= 0.3 is 6.09 Å². The van der Waals surface area contributed by atoms with Crippen molar-refractivity contribution >= 4 is 11.7 Å². The van der Waals surface area contributed by atoms with Crippen LogP contribution in [-0.4, -0.2) is 36.3 Å². The van der Waals surface area contributed by atoms with Crippen LogP contribution in [0.3, 0.4) is 0 Å². The van der Waals surface area contributed by atoms with Crippen molar-refractivity contribution in [2.24, 2.45) is 0 Å². The molecule has 0 radical (unpaired) electrons. The second-order valence-electron chi connectivity index (χ2n) is 7.03. The van der Waals surface area contributed by atoms with Gasteiger partial charge in [0.15, 0.2) is 11.6 Å². The first-order chi connectivity index (χ1) is 14.1. The van der Waals surface area contributed by atoms with E-state index >= 15 is 0 Å². The third-order valence-electron chi connectivity index (χ3n) is 5.14. The lowest BCUT2D eigenvalue weighted by atomic mass is 9.88. The highest BCUT2D eigenvalue weighted by atomic mass is 19.2. The van der Waals surface area contributed by atoms with Crippen LogP contribution >= 0.6 is 0 Å². The number of rotatable bonds is 3. The Labute approximate surface area is 166 Å². The van der Waals surface area contributed by atoms with Crippen LogP contribution in [0.4, 0.5) is 13.6 Å². The van der Waals surface area contributed by atoms with Crippen LogP contribution in [0, 0.1) is 23.0 Å². The Bertz CT molecular complexity index is 1000. The van der Waals surface area contributed by atoms with Gasteiger partial charge in [0.05, 0.1) is 36.9 Å². The molecule has 5 nitrogen and oxygen atoms in total. The van der Waals surface area contributed by atoms with Crippen molar-refractivity contribution in [1.82, 2.24) is 4.90 Å². The molecule has 1 amide bonds. The minimum absolute atomic E-state index is 0.0641. The number of fused-ring (bicyclic) bond motifs is 2. The van der Waals surface area contributed by atoms with E-state index in [9.17, 15) is 18.8 Å². The Balaban J connectivity index is 1.57. The van der Waals surface area contributed by atoms with Crippen molar-refractivity contribution in [3.05, 3.63) is 76.9 Å². The van der Waals surface area contributed by atoms with Gasteiger partial charge < -0.3 is 9.47 Å². The lowest BCUT2D eigenvalue weighted by Crippen LogP contribution is -2.56. The van der Waals surface area contributed by atoms with Crippen LogP contribution in [-0.2, 0) is 16.1 Å². The normalized spacial score (nSPS) is 20.6. The number of benzene rings is 2. The predicted molar refractivity (Wildman–Crippen MR) is 101 cm³/mol. The molecule has 2 atom stereocenters. The van der Waals surface area contributed by atoms with Crippen molar-refractivity contribution in [2.45, 2.75) is 25.1 Å². The van der Waals surface area contributed by atoms with Gasteiger partial charge in [0.1, 0.15) is 6.61 Å². The van der Waals surface area contributed by atoms with Gasteiger partial charge in [-0.25, -0.2) is 13.6 Å². The molecule has 0 N–H and O–H groups in total. The largest absolute Gasteiger partial charge is 0.445 e. The van der Waals surface area contributed by atoms with Gasteiger partial charge in [-0.15, -0.1) is 0 Å². The summed E-state index contributed by atoms with van der Waals surface area (Å²) < 4.78 is 38.3. The van der Waals surface area contributed by atoms with E-state index < -0.39 is 23.8 Å². The van der Waals surface area contributed by atoms with Crippen molar-refractivity contribution in [2.75, 3.05) is 13.2 Å². The third kappa shape index (κ3) is 3.84. The molecule has 148 valence electrons. The summed E-state index contributed by atoms with van der Waals surface area (Å²) in [6.45, 7) is 0.737. The van der Waals surface area contributed by atoms with E-state index in [1.54, 1.807) is 11.0 Å². The molecule has 29 heavy (non-hydrogen) atoms. The molecule has 0 aliphatic carbocycles. The Morgan fingerprint density at radius 3 is 2.69 bits per heavy atom. The third-order valence-corrected chi connectivity index (χ3v) is 5.14. The Morgan fingerprint density at radius 2 is 1.97 bits per heavy atom. The van der Waals surface area contributed by atoms with Gasteiger partial charge in [-0.1, -0.05) is 36.4 Å². The smallest absolute Gasteiger partial charge is 0.411 e. The number of nitrogens with zero attached hydrogens (tertiary/aromatic N) is 2. The topological polar surface area (TPSA) is 62.6 Å². The number of hydrogen-bond acceptors (Lipinski definition) is 4. The van der Waals surface area contributed by atoms with Gasteiger partial charge in [-0.3, -0.25) is 4.90 Å². The molecule has 2 unspecified atom stereocenters. The highest BCUT2D eigenvalue weighted by Gasteiger charge is 2.39. The van der Waals surface area contributed by atoms with E-state index in [1.165, 1.54) is 0 Å². The standard InChI is InChI=1S/C22H18F2N2O3/c23-20-8-16(10-25)19(9-21(20)24)15-6-17-12-28-13-18(7-15)26(17)22(27)29-11-14-4-2-1-3-5-14/h1-6,8-9,17-18H,7,11-13H2. The second kappa shape index (κ2) is 8.02. The fraction of sp³-hybridized carbons (Fsp3) is 0.273. The lowest BCUT2D eigenvalue weighted by molar-refractivity contribution is -0.0342. The zero-order chi connectivity index (χ0) is 20.4. The Morgan fingerprint density at radius 1 is 1.21 bits per heavy atom. The van der Waals surface area contributed by atoms with E-state index in [2.05, 4.69) is 0 Å². The molecule has 2 aromatic rings. The SMILES string of the molecule is N#Cc1cc(F)c(F)cc1C1=CC2COCC(C1)N2C(=O)OCc1ccccc1. The van der Waals surface area contributed by atoms with Crippen molar-refractivity contribution in [1.29, 1.82) is 5.26 Å². The molecule has 0 spiro atoms. The average Bonchev–Trinajstić information content (AvgIpc) is 2.73. The van der Waals surface area contributed by atoms with E-state index in [4.69, 9.17) is 9.47 Å². The van der Waals surface area contributed by atoms with Crippen LogP contribution in [0.15, 0.2) is 48.5 Å². The monoisotopic (exact) mass is 396 g/mol. The minimum Gasteiger partial charge on any atom is -0.445 e. The number of morpholine rings is 1. The molecule has 2 heterocycles. The van der Waals surface area contributed by atoms with Crippen molar-refractivity contribution in [3.8, 4) is 6.07 Å². The second-order valence-corrected chi connectivity index (χ2v) is 7.03. The van der Waals surface area contributed by atoms with Crippen molar-refractivity contribution in [3.63, 3.8) is 0 Å². The number of ether oxygens (including phenoxy) is 2. The molecule has 2 aromatic carbocycles. The number of nitriles is 1. The van der Waals surface area contributed by atoms with Gasteiger partial charge in [-0.05, 0) is 35.3 Å². The van der Waals surface area contributed by atoms with E-state index in [0.717, 1.165) is 17.7 Å². The number of halogens is 2. The first-order valence-corrected chi connectivity index (χ1v) is 9.24. The summed E-state index contributed by atoms with van der Waals surface area (Å²) in [5.74, 6) is -2.07. The minimum atomic E-state index is -1.06. The van der Waals surface area contributed by atoms with E-state index in [-0.39, 0.29) is 24.8 Å². The summed E-state index contributed by atoms with van der Waals surface area (Å²) in [6, 6.07) is 12.5. The van der Waals surface area contributed by atoms with Crippen LogP contribution in [0.2, 0.25) is 0 Å². The first kappa shape index (κ1) is 19.1. The molecule has 1 saturated heterocycles. The molecular formula is C22H18F2N2O3. The summed E-state index contributed by atoms with van der Waals surface area (Å²) in [5, 5.41) is 9.31. The first-order valence-electron chi connectivity index (χ1n) is 9.24. The maximum Gasteiger partial charge on any atom is 0.411 e. The molecule has 0 saturated carbocycles. The summed E-state index contributed by atoms with van der Waals surface area (Å²) in [4.78, 5) is 14.3. The van der Waals surface area contributed by atoms with Crippen LogP contribution < -0.4 is 0 Å². The molecular weight excluding hydrogens is 378 g/mol.